The molecule has 0 fully saturated rings. The minimum absolute atomic E-state index is 0.0172. The first kappa shape index (κ1) is 25.6. The normalized spacial score (nSPS) is 17.2. The Morgan fingerprint density at radius 3 is 1.42 bits per heavy atom. The van der Waals surface area contributed by atoms with Crippen molar-refractivity contribution in [1.82, 2.24) is 0 Å². The van der Waals surface area contributed by atoms with Crippen molar-refractivity contribution in [3.05, 3.63) is 0 Å². The summed E-state index contributed by atoms with van der Waals surface area (Å²) in [7, 11) is 0. The predicted molar refractivity (Wildman–Crippen MR) is 95.0 cm³/mol. The van der Waals surface area contributed by atoms with Gasteiger partial charge in [0.1, 0.15) is 0 Å². The largest absolute Gasteiger partial charge is 0.394 e. The van der Waals surface area contributed by atoms with Crippen molar-refractivity contribution in [3.63, 3.8) is 0 Å². The van der Waals surface area contributed by atoms with Gasteiger partial charge < -0.3 is 0 Å². The van der Waals surface area contributed by atoms with Gasteiger partial charge in [-0.2, -0.15) is 26.3 Å². The molecule has 0 aliphatic carbocycles. The number of rotatable bonds is 12. The SMILES string of the molecule is CCCC(CCC)(CCCC(CC)C(C)(CCC)C(F)(F)F)C(F)(F)F. The third-order valence-electron chi connectivity index (χ3n) is 6.08. The molecule has 0 N–H and O–H groups in total. The highest BCUT2D eigenvalue weighted by Gasteiger charge is 2.55. The summed E-state index contributed by atoms with van der Waals surface area (Å²) >= 11 is 0. The van der Waals surface area contributed by atoms with E-state index in [1.807, 2.05) is 0 Å². The Morgan fingerprint density at radius 1 is 0.654 bits per heavy atom. The molecule has 0 saturated heterocycles. The van der Waals surface area contributed by atoms with Gasteiger partial charge in [0.2, 0.25) is 0 Å². The lowest BCUT2D eigenvalue weighted by Crippen LogP contribution is -2.42. The van der Waals surface area contributed by atoms with Gasteiger partial charge in [0.05, 0.1) is 10.8 Å². The molecule has 158 valence electrons. The van der Waals surface area contributed by atoms with Crippen LogP contribution in [0.5, 0.6) is 0 Å². The van der Waals surface area contributed by atoms with Gasteiger partial charge in [-0.25, -0.2) is 0 Å². The molecule has 0 aromatic heterocycles. The van der Waals surface area contributed by atoms with Crippen LogP contribution in [-0.2, 0) is 0 Å². The molecule has 6 heteroatoms. The van der Waals surface area contributed by atoms with Crippen molar-refractivity contribution in [2.75, 3.05) is 0 Å². The predicted octanol–water partition coefficient (Wildman–Crippen LogP) is 8.70. The van der Waals surface area contributed by atoms with Crippen LogP contribution in [0.1, 0.15) is 98.8 Å². The first-order valence-corrected chi connectivity index (χ1v) is 9.98. The molecule has 0 radical (unpaired) electrons. The third kappa shape index (κ3) is 6.05. The van der Waals surface area contributed by atoms with Crippen molar-refractivity contribution in [3.8, 4) is 0 Å². The van der Waals surface area contributed by atoms with E-state index in [2.05, 4.69) is 0 Å². The highest BCUT2D eigenvalue weighted by atomic mass is 19.4. The van der Waals surface area contributed by atoms with Crippen LogP contribution in [0.3, 0.4) is 0 Å². The van der Waals surface area contributed by atoms with Crippen molar-refractivity contribution in [2.45, 2.75) is 111 Å². The van der Waals surface area contributed by atoms with E-state index in [1.165, 1.54) is 6.92 Å². The second-order valence-electron chi connectivity index (χ2n) is 7.94. The summed E-state index contributed by atoms with van der Waals surface area (Å²) in [5.74, 6) is -0.642. The van der Waals surface area contributed by atoms with E-state index in [4.69, 9.17) is 0 Å². The summed E-state index contributed by atoms with van der Waals surface area (Å²) in [6.45, 7) is 8.12. The lowest BCUT2D eigenvalue weighted by Gasteiger charge is -2.40. The summed E-state index contributed by atoms with van der Waals surface area (Å²) in [6.07, 6.45) is -6.64. The van der Waals surface area contributed by atoms with E-state index in [1.54, 1.807) is 27.7 Å². The van der Waals surface area contributed by atoms with E-state index in [0.717, 1.165) is 0 Å². The maximum absolute atomic E-state index is 13.7. The summed E-state index contributed by atoms with van der Waals surface area (Å²) in [5.41, 5.74) is -3.58. The molecule has 0 saturated carbocycles. The molecule has 26 heavy (non-hydrogen) atoms. The minimum Gasteiger partial charge on any atom is -0.171 e. The fourth-order valence-electron chi connectivity index (χ4n) is 4.51. The molecule has 0 aromatic carbocycles. The molecule has 0 bridgehead atoms. The van der Waals surface area contributed by atoms with Gasteiger partial charge in [-0.05, 0) is 38.0 Å². The number of hydrogen-bond acceptors (Lipinski definition) is 0. The Labute approximate surface area is 155 Å². The van der Waals surface area contributed by atoms with Crippen LogP contribution in [0.4, 0.5) is 26.3 Å². The van der Waals surface area contributed by atoms with E-state index in [0.29, 0.717) is 25.7 Å². The second kappa shape index (κ2) is 10.2. The van der Waals surface area contributed by atoms with Crippen LogP contribution in [0, 0.1) is 16.7 Å². The van der Waals surface area contributed by atoms with Crippen molar-refractivity contribution < 1.29 is 26.3 Å². The van der Waals surface area contributed by atoms with Crippen LogP contribution in [0.25, 0.3) is 0 Å². The van der Waals surface area contributed by atoms with Gasteiger partial charge in [-0.15, -0.1) is 0 Å². The number of halogens is 6. The Morgan fingerprint density at radius 2 is 1.12 bits per heavy atom. The monoisotopic (exact) mass is 390 g/mol. The number of hydrogen-bond donors (Lipinski definition) is 0. The van der Waals surface area contributed by atoms with Crippen LogP contribution in [0.2, 0.25) is 0 Å². The first-order chi connectivity index (χ1) is 11.8. The van der Waals surface area contributed by atoms with Crippen LogP contribution in [0.15, 0.2) is 0 Å². The Kier molecular flexibility index (Phi) is 10.0. The third-order valence-corrected chi connectivity index (χ3v) is 6.08. The lowest BCUT2D eigenvalue weighted by molar-refractivity contribution is -0.244. The molecule has 2 unspecified atom stereocenters. The molecule has 0 aliphatic rings. The van der Waals surface area contributed by atoms with E-state index in [9.17, 15) is 26.3 Å². The Hall–Kier alpha value is -0.420. The standard InChI is InChI=1S/C20H36F6/c1-6-12-17(5,19(21,22)23)16(9-4)11-10-15-18(13-7-2,14-8-3)20(24,25)26/h16H,6-15H2,1-5H3. The van der Waals surface area contributed by atoms with Gasteiger partial charge >= 0.3 is 12.4 Å². The number of alkyl halides is 6. The molecule has 2 atom stereocenters. The molecule has 0 spiro atoms. The van der Waals surface area contributed by atoms with E-state index in [-0.39, 0.29) is 38.5 Å². The van der Waals surface area contributed by atoms with Gasteiger partial charge in [0.25, 0.3) is 0 Å². The maximum Gasteiger partial charge on any atom is 0.394 e. The fraction of sp³-hybridized carbons (Fsp3) is 1.00. The average Bonchev–Trinajstić information content (AvgIpc) is 2.49. The molecule has 0 aromatic rings. The van der Waals surface area contributed by atoms with E-state index < -0.39 is 29.1 Å². The highest BCUT2D eigenvalue weighted by molar-refractivity contribution is 4.90. The smallest absolute Gasteiger partial charge is 0.171 e. The Bertz CT molecular complexity index is 379. The molecule has 0 amide bonds. The van der Waals surface area contributed by atoms with Crippen LogP contribution in [-0.4, -0.2) is 12.4 Å². The summed E-state index contributed by atoms with van der Waals surface area (Å²) in [5, 5.41) is 0. The van der Waals surface area contributed by atoms with Crippen LogP contribution < -0.4 is 0 Å². The zero-order chi connectivity index (χ0) is 20.6. The minimum atomic E-state index is -4.34. The highest BCUT2D eigenvalue weighted by Crippen LogP contribution is 2.52. The van der Waals surface area contributed by atoms with Crippen molar-refractivity contribution >= 4 is 0 Å². The summed E-state index contributed by atoms with van der Waals surface area (Å²) in [6, 6.07) is 0. The quantitative estimate of drug-likeness (QED) is 0.292. The molecular weight excluding hydrogens is 354 g/mol. The van der Waals surface area contributed by atoms with Crippen LogP contribution >= 0.6 is 0 Å². The molecule has 0 heterocycles. The van der Waals surface area contributed by atoms with Gasteiger partial charge in [-0.1, -0.05) is 66.7 Å². The van der Waals surface area contributed by atoms with Gasteiger partial charge in [0, 0.05) is 0 Å². The average molecular weight is 390 g/mol. The van der Waals surface area contributed by atoms with Crippen molar-refractivity contribution in [2.24, 2.45) is 16.7 Å². The molecule has 0 nitrogen and oxygen atoms in total. The summed E-state index contributed by atoms with van der Waals surface area (Å²) in [4.78, 5) is 0. The molecular formula is C20H36F6. The lowest BCUT2D eigenvalue weighted by atomic mass is 9.68. The van der Waals surface area contributed by atoms with Gasteiger partial charge in [0.15, 0.2) is 0 Å². The molecule has 0 aliphatic heterocycles. The maximum atomic E-state index is 13.7. The molecule has 0 rings (SSSR count). The topological polar surface area (TPSA) is 0 Å². The fourth-order valence-corrected chi connectivity index (χ4v) is 4.51. The van der Waals surface area contributed by atoms with Crippen molar-refractivity contribution in [1.29, 1.82) is 0 Å². The van der Waals surface area contributed by atoms with Gasteiger partial charge in [-0.3, -0.25) is 0 Å². The zero-order valence-electron chi connectivity index (χ0n) is 16.9. The zero-order valence-corrected chi connectivity index (χ0v) is 16.9. The first-order valence-electron chi connectivity index (χ1n) is 9.98. The summed E-state index contributed by atoms with van der Waals surface area (Å²) < 4.78 is 82.1. The van der Waals surface area contributed by atoms with E-state index >= 15 is 0 Å². The second-order valence-corrected chi connectivity index (χ2v) is 7.94. The Balaban J connectivity index is 5.31.